The van der Waals surface area contributed by atoms with Crippen LogP contribution in [0.2, 0.25) is 10.0 Å². The van der Waals surface area contributed by atoms with Crippen molar-refractivity contribution in [2.24, 2.45) is 0 Å². The summed E-state index contributed by atoms with van der Waals surface area (Å²) in [6.45, 7) is 0.344. The Morgan fingerprint density at radius 1 is 1.33 bits per heavy atom. The molecule has 0 unspecified atom stereocenters. The number of nitrogens with one attached hydrogen (secondary N) is 2. The van der Waals surface area contributed by atoms with Crippen LogP contribution in [0, 0.1) is 0 Å². The predicted octanol–water partition coefficient (Wildman–Crippen LogP) is 3.49. The van der Waals surface area contributed by atoms with E-state index < -0.39 is 12.5 Å². The predicted molar refractivity (Wildman–Crippen MR) is 115 cm³/mol. The molecule has 156 valence electrons. The van der Waals surface area contributed by atoms with Crippen molar-refractivity contribution >= 4 is 51.8 Å². The molecule has 0 aliphatic carbocycles. The third-order valence-corrected chi connectivity index (χ3v) is 5.99. The van der Waals surface area contributed by atoms with E-state index in [2.05, 4.69) is 20.4 Å². The number of hydrogen-bond donors (Lipinski definition) is 3. The number of rotatable bonds is 6. The monoisotopic (exact) mass is 447 g/mol. The highest BCUT2D eigenvalue weighted by molar-refractivity contribution is 6.45. The lowest BCUT2D eigenvalue weighted by molar-refractivity contribution is -0.138. The van der Waals surface area contributed by atoms with Crippen LogP contribution in [0.1, 0.15) is 19.3 Å². The number of H-pyrrole nitrogens is 1. The second-order valence-electron chi connectivity index (χ2n) is 7.14. The quantitative estimate of drug-likeness (QED) is 0.533. The van der Waals surface area contributed by atoms with Crippen LogP contribution in [0.5, 0.6) is 0 Å². The summed E-state index contributed by atoms with van der Waals surface area (Å²) in [5, 5.41) is 19.7. The highest BCUT2D eigenvalue weighted by Crippen LogP contribution is 2.38. The number of fused-ring (bicyclic) bond motifs is 1. The molecule has 0 bridgehead atoms. The first-order chi connectivity index (χ1) is 14.4. The molecule has 1 aliphatic heterocycles. The van der Waals surface area contributed by atoms with Crippen LogP contribution in [-0.2, 0) is 9.59 Å². The number of pyridine rings is 1. The molecule has 1 atom stereocenters. The summed E-state index contributed by atoms with van der Waals surface area (Å²) in [6, 6.07) is 5.50. The molecule has 3 N–H and O–H groups in total. The Morgan fingerprint density at radius 2 is 2.17 bits per heavy atom. The van der Waals surface area contributed by atoms with Crippen LogP contribution < -0.4 is 10.2 Å². The number of carbonyl (C=O) groups is 2. The number of carboxylic acids is 1. The summed E-state index contributed by atoms with van der Waals surface area (Å²) in [5.74, 6) is -0.679. The fraction of sp³-hybridized carbons (Fsp3) is 0.300. The number of benzene rings is 1. The van der Waals surface area contributed by atoms with Gasteiger partial charge in [0.2, 0.25) is 5.91 Å². The number of carbonyl (C=O) groups excluding carboxylic acids is 1. The van der Waals surface area contributed by atoms with E-state index in [1.54, 1.807) is 18.5 Å². The number of aromatic nitrogens is 3. The Balaban J connectivity index is 1.72. The molecule has 2 aromatic heterocycles. The first-order valence-electron chi connectivity index (χ1n) is 9.47. The molecule has 4 rings (SSSR count). The standard InChI is InChI=1S/C20H19Cl2N5O3/c21-15-4-3-13-14(11-8-24-25-9-11)7-16(26-20(13)19(15)22)27-5-1-2-12(27)6-17(28)23-10-18(29)30/h3-4,7-9,12H,1-2,5-6,10H2,(H,23,28)(H,24,25)(H,29,30)/t12-/m0/s1. The molecule has 0 spiro atoms. The normalized spacial score (nSPS) is 16.2. The molecule has 1 aliphatic rings. The van der Waals surface area contributed by atoms with Gasteiger partial charge in [-0.05, 0) is 30.5 Å². The molecular weight excluding hydrogens is 429 g/mol. The van der Waals surface area contributed by atoms with Gasteiger partial charge in [0.25, 0.3) is 0 Å². The number of hydrogen-bond acceptors (Lipinski definition) is 5. The zero-order valence-electron chi connectivity index (χ0n) is 15.9. The van der Waals surface area contributed by atoms with Crippen molar-refractivity contribution in [3.05, 3.63) is 40.6 Å². The van der Waals surface area contributed by atoms with Gasteiger partial charge in [-0.25, -0.2) is 4.98 Å². The van der Waals surface area contributed by atoms with Gasteiger partial charge in [0.15, 0.2) is 0 Å². The van der Waals surface area contributed by atoms with Crippen molar-refractivity contribution in [2.45, 2.75) is 25.3 Å². The van der Waals surface area contributed by atoms with Gasteiger partial charge < -0.3 is 15.3 Å². The van der Waals surface area contributed by atoms with Crippen LogP contribution in [0.15, 0.2) is 30.6 Å². The van der Waals surface area contributed by atoms with Crippen molar-refractivity contribution in [3.8, 4) is 11.1 Å². The van der Waals surface area contributed by atoms with Crippen molar-refractivity contribution in [3.63, 3.8) is 0 Å². The minimum Gasteiger partial charge on any atom is -0.480 e. The number of halogens is 2. The number of aromatic amines is 1. The van der Waals surface area contributed by atoms with Gasteiger partial charge in [-0.3, -0.25) is 14.7 Å². The molecule has 1 saturated heterocycles. The number of nitrogens with zero attached hydrogens (tertiary/aromatic N) is 3. The van der Waals surface area contributed by atoms with E-state index in [1.807, 2.05) is 12.1 Å². The van der Waals surface area contributed by atoms with Gasteiger partial charge in [0, 0.05) is 36.2 Å². The van der Waals surface area contributed by atoms with Crippen LogP contribution in [0.3, 0.4) is 0 Å². The van der Waals surface area contributed by atoms with Crippen LogP contribution in [0.25, 0.3) is 22.0 Å². The summed E-state index contributed by atoms with van der Waals surface area (Å²) in [5.41, 5.74) is 2.37. The second-order valence-corrected chi connectivity index (χ2v) is 7.92. The largest absolute Gasteiger partial charge is 0.480 e. The van der Waals surface area contributed by atoms with Crippen LogP contribution in [0.4, 0.5) is 5.82 Å². The minimum atomic E-state index is -1.07. The van der Waals surface area contributed by atoms with Crippen molar-refractivity contribution in [1.29, 1.82) is 0 Å². The van der Waals surface area contributed by atoms with E-state index >= 15 is 0 Å². The van der Waals surface area contributed by atoms with Gasteiger partial charge in [0.1, 0.15) is 12.4 Å². The molecule has 1 aromatic carbocycles. The maximum Gasteiger partial charge on any atom is 0.322 e. The van der Waals surface area contributed by atoms with Crippen LogP contribution >= 0.6 is 23.2 Å². The first kappa shape index (κ1) is 20.4. The molecule has 1 fully saturated rings. The van der Waals surface area contributed by atoms with E-state index in [1.165, 1.54) is 0 Å². The van der Waals surface area contributed by atoms with E-state index in [-0.39, 0.29) is 18.4 Å². The third-order valence-electron chi connectivity index (χ3n) is 5.20. The first-order valence-corrected chi connectivity index (χ1v) is 10.2. The molecule has 10 heteroatoms. The molecule has 0 radical (unpaired) electrons. The Bertz CT molecular complexity index is 1100. The number of aliphatic carboxylic acids is 1. The fourth-order valence-electron chi connectivity index (χ4n) is 3.81. The zero-order valence-corrected chi connectivity index (χ0v) is 17.4. The van der Waals surface area contributed by atoms with E-state index in [0.717, 1.165) is 35.9 Å². The maximum absolute atomic E-state index is 12.2. The van der Waals surface area contributed by atoms with Gasteiger partial charge in [-0.15, -0.1) is 0 Å². The van der Waals surface area contributed by atoms with Crippen molar-refractivity contribution in [1.82, 2.24) is 20.5 Å². The topological polar surface area (TPSA) is 111 Å². The smallest absolute Gasteiger partial charge is 0.322 e. The Kier molecular flexibility index (Phi) is 5.78. The number of anilines is 1. The lowest BCUT2D eigenvalue weighted by atomic mass is 10.0. The summed E-state index contributed by atoms with van der Waals surface area (Å²) in [7, 11) is 0. The number of amides is 1. The minimum absolute atomic E-state index is 0.0843. The zero-order chi connectivity index (χ0) is 21.3. The Hall–Kier alpha value is -2.84. The molecule has 3 heterocycles. The number of carboxylic acid groups (broad SMARTS) is 1. The van der Waals surface area contributed by atoms with Gasteiger partial charge in [-0.1, -0.05) is 29.3 Å². The van der Waals surface area contributed by atoms with Crippen molar-refractivity contribution < 1.29 is 14.7 Å². The molecule has 30 heavy (non-hydrogen) atoms. The van der Waals surface area contributed by atoms with Gasteiger partial charge >= 0.3 is 5.97 Å². The van der Waals surface area contributed by atoms with E-state index in [9.17, 15) is 9.59 Å². The summed E-state index contributed by atoms with van der Waals surface area (Å²) in [4.78, 5) is 29.7. The fourth-order valence-corrected chi connectivity index (χ4v) is 4.17. The maximum atomic E-state index is 12.2. The van der Waals surface area contributed by atoms with E-state index in [0.29, 0.717) is 21.4 Å². The molecule has 0 saturated carbocycles. The van der Waals surface area contributed by atoms with Crippen LogP contribution in [-0.4, -0.2) is 51.3 Å². The highest BCUT2D eigenvalue weighted by atomic mass is 35.5. The average Bonchev–Trinajstić information content (AvgIpc) is 3.41. The SMILES string of the molecule is O=C(O)CNC(=O)C[C@@H]1CCCN1c1cc(-c2cn[nH]c2)c2ccc(Cl)c(Cl)c2n1. The lowest BCUT2D eigenvalue weighted by Crippen LogP contribution is -2.37. The second kappa shape index (κ2) is 8.49. The Morgan fingerprint density at radius 3 is 2.90 bits per heavy atom. The summed E-state index contributed by atoms with van der Waals surface area (Å²) < 4.78 is 0. The summed E-state index contributed by atoms with van der Waals surface area (Å²) >= 11 is 12.7. The third kappa shape index (κ3) is 4.06. The van der Waals surface area contributed by atoms with E-state index in [4.69, 9.17) is 33.3 Å². The molecule has 8 nitrogen and oxygen atoms in total. The summed E-state index contributed by atoms with van der Waals surface area (Å²) in [6.07, 6.45) is 5.42. The lowest BCUT2D eigenvalue weighted by Gasteiger charge is -2.26. The molecular formula is C20H19Cl2N5O3. The molecule has 1 amide bonds. The van der Waals surface area contributed by atoms with Crippen molar-refractivity contribution in [2.75, 3.05) is 18.0 Å². The highest BCUT2D eigenvalue weighted by Gasteiger charge is 2.29. The molecule has 3 aromatic rings. The average molecular weight is 448 g/mol. The van der Waals surface area contributed by atoms with Gasteiger partial charge in [0.05, 0.1) is 21.8 Å². The Labute approximate surface area is 182 Å². The van der Waals surface area contributed by atoms with Gasteiger partial charge in [-0.2, -0.15) is 5.10 Å².